The number of aldehydes is 1. The molecule has 3 nitrogen and oxygen atoms in total. The van der Waals surface area contributed by atoms with E-state index in [0.29, 0.717) is 4.90 Å². The molecule has 5 atom stereocenters. The van der Waals surface area contributed by atoms with Gasteiger partial charge in [-0.3, -0.25) is 9.00 Å². The van der Waals surface area contributed by atoms with Crippen molar-refractivity contribution < 1.29 is 13.8 Å². The fourth-order valence-corrected chi connectivity index (χ4v) is 6.80. The Hall–Kier alpha value is -3.11. The van der Waals surface area contributed by atoms with Crippen LogP contribution in [0.5, 0.6) is 0 Å². The molecule has 174 valence electrons. The molecule has 0 bridgehead atoms. The van der Waals surface area contributed by atoms with Crippen LogP contribution in [0.4, 0.5) is 0 Å². The highest BCUT2D eigenvalue weighted by Gasteiger charge is 2.62. The minimum absolute atomic E-state index is 0.0610. The van der Waals surface area contributed by atoms with Gasteiger partial charge in [0.15, 0.2) is 5.78 Å². The number of hydrogen-bond donors (Lipinski definition) is 0. The molecule has 3 aromatic carbocycles. The molecule has 0 fully saturated rings. The lowest BCUT2D eigenvalue weighted by molar-refractivity contribution is -0.134. The Morgan fingerprint density at radius 2 is 1.12 bits per heavy atom. The van der Waals surface area contributed by atoms with Gasteiger partial charge < -0.3 is 4.79 Å². The largest absolute Gasteiger partial charge is 0.303 e. The van der Waals surface area contributed by atoms with Gasteiger partial charge in [0.1, 0.15) is 6.29 Å². The Morgan fingerprint density at radius 1 is 0.706 bits per heavy atom. The highest BCUT2D eigenvalue weighted by molar-refractivity contribution is 7.85. The van der Waals surface area contributed by atoms with Crippen molar-refractivity contribution in [1.29, 1.82) is 0 Å². The van der Waals surface area contributed by atoms with Gasteiger partial charge in [0.2, 0.25) is 0 Å². The van der Waals surface area contributed by atoms with Crippen LogP contribution in [0.3, 0.4) is 0 Å². The minimum Gasteiger partial charge on any atom is -0.303 e. The summed E-state index contributed by atoms with van der Waals surface area (Å²) >= 11 is 0. The zero-order chi connectivity index (χ0) is 24.5. The molecule has 5 unspecified atom stereocenters. The van der Waals surface area contributed by atoms with Crippen LogP contribution < -0.4 is 0 Å². The summed E-state index contributed by atoms with van der Waals surface area (Å²) < 4.78 is 13.8. The van der Waals surface area contributed by atoms with E-state index < -0.39 is 32.8 Å². The topological polar surface area (TPSA) is 51.2 Å². The van der Waals surface area contributed by atoms with Crippen LogP contribution in [0.1, 0.15) is 38.8 Å². The first-order chi connectivity index (χ1) is 16.3. The smallest absolute Gasteiger partial charge is 0.155 e. The van der Waals surface area contributed by atoms with Crippen LogP contribution in [-0.4, -0.2) is 21.5 Å². The lowest BCUT2D eigenvalue weighted by atomic mass is 9.67. The molecule has 1 aliphatic carbocycles. The second-order valence-corrected chi connectivity index (χ2v) is 11.2. The predicted octanol–water partition coefficient (Wildman–Crippen LogP) is 6.22. The van der Waals surface area contributed by atoms with E-state index in [2.05, 4.69) is 0 Å². The first kappa shape index (κ1) is 24.0. The number of allylic oxidation sites excluding steroid dienone is 2. The number of carbonyl (C=O) groups excluding carboxylic acids is 2. The van der Waals surface area contributed by atoms with E-state index in [1.165, 1.54) is 0 Å². The Labute approximate surface area is 204 Å². The number of benzene rings is 3. The number of Topliss-reactive ketones (excluding diaryl/α,β-unsaturated/α-hetero) is 1. The van der Waals surface area contributed by atoms with Crippen LogP contribution in [0.15, 0.2) is 95.9 Å². The normalized spacial score (nSPS) is 25.1. The number of ketones is 1. The first-order valence-corrected chi connectivity index (χ1v) is 12.8. The van der Waals surface area contributed by atoms with Gasteiger partial charge in [0.25, 0.3) is 0 Å². The second kappa shape index (κ2) is 9.27. The van der Waals surface area contributed by atoms with E-state index in [0.717, 1.165) is 28.6 Å². The SMILES string of the molecule is CC(C=O)C1(C)C(=O)C(C)(C(C)S(=O)c2ccccc2)C(c2ccccc2)=C1c1ccccc1. The lowest BCUT2D eigenvalue weighted by Crippen LogP contribution is -2.46. The second-order valence-electron chi connectivity index (χ2n) is 9.39. The van der Waals surface area contributed by atoms with Gasteiger partial charge in [-0.15, -0.1) is 0 Å². The molecule has 1 aliphatic rings. The molecule has 4 rings (SSSR count). The van der Waals surface area contributed by atoms with Crippen molar-refractivity contribution in [2.45, 2.75) is 37.8 Å². The molecule has 0 radical (unpaired) electrons. The molecular formula is C30H30O3S. The first-order valence-electron chi connectivity index (χ1n) is 11.6. The summed E-state index contributed by atoms with van der Waals surface area (Å²) in [5.41, 5.74) is 1.40. The van der Waals surface area contributed by atoms with E-state index in [1.807, 2.05) is 112 Å². The fourth-order valence-electron chi connectivity index (χ4n) is 5.32. The van der Waals surface area contributed by atoms with E-state index in [4.69, 9.17) is 0 Å². The molecule has 34 heavy (non-hydrogen) atoms. The molecule has 0 N–H and O–H groups in total. The quantitative estimate of drug-likeness (QED) is 0.385. The van der Waals surface area contributed by atoms with Crippen molar-refractivity contribution in [3.63, 3.8) is 0 Å². The Morgan fingerprint density at radius 3 is 1.56 bits per heavy atom. The predicted molar refractivity (Wildman–Crippen MR) is 138 cm³/mol. The van der Waals surface area contributed by atoms with E-state index >= 15 is 0 Å². The molecule has 0 saturated heterocycles. The van der Waals surface area contributed by atoms with Gasteiger partial charge >= 0.3 is 0 Å². The van der Waals surface area contributed by atoms with Crippen molar-refractivity contribution in [2.75, 3.05) is 0 Å². The highest BCUT2D eigenvalue weighted by atomic mass is 32.2. The zero-order valence-corrected chi connectivity index (χ0v) is 20.8. The maximum Gasteiger partial charge on any atom is 0.155 e. The average Bonchev–Trinajstić information content (AvgIpc) is 3.08. The van der Waals surface area contributed by atoms with E-state index in [9.17, 15) is 13.8 Å². The lowest BCUT2D eigenvalue weighted by Gasteiger charge is -2.36. The van der Waals surface area contributed by atoms with Crippen molar-refractivity contribution in [3.05, 3.63) is 102 Å². The number of carbonyl (C=O) groups is 2. The van der Waals surface area contributed by atoms with Crippen LogP contribution in [0.25, 0.3) is 11.1 Å². The summed E-state index contributed by atoms with van der Waals surface area (Å²) in [6.45, 7) is 7.49. The molecule has 0 saturated carbocycles. The Balaban J connectivity index is 2.06. The van der Waals surface area contributed by atoms with Gasteiger partial charge in [-0.1, -0.05) is 85.8 Å². The molecule has 3 aromatic rings. The van der Waals surface area contributed by atoms with E-state index in [1.54, 1.807) is 6.92 Å². The zero-order valence-electron chi connectivity index (χ0n) is 20.0. The van der Waals surface area contributed by atoms with Gasteiger partial charge in [-0.2, -0.15) is 0 Å². The molecule has 0 amide bonds. The van der Waals surface area contributed by atoms with Crippen LogP contribution in [0.2, 0.25) is 0 Å². The summed E-state index contributed by atoms with van der Waals surface area (Å²) in [4.78, 5) is 27.4. The maximum absolute atomic E-state index is 14.6. The molecule has 0 spiro atoms. The minimum atomic E-state index is -1.44. The summed E-state index contributed by atoms with van der Waals surface area (Å²) in [5.74, 6) is -0.609. The molecule has 4 heteroatoms. The fraction of sp³-hybridized carbons (Fsp3) is 0.267. The standard InChI is InChI=1S/C30H30O3S/c1-21(20-31)29(3)26(23-14-8-5-9-15-23)27(24-16-10-6-11-17-24)30(4,28(29)32)22(2)34(33)25-18-12-7-13-19-25/h5-22H,1-4H3. The van der Waals surface area contributed by atoms with Crippen molar-refractivity contribution in [2.24, 2.45) is 16.7 Å². The third-order valence-corrected chi connectivity index (χ3v) is 9.43. The molecular weight excluding hydrogens is 440 g/mol. The third-order valence-electron chi connectivity index (χ3n) is 7.58. The number of hydrogen-bond acceptors (Lipinski definition) is 3. The van der Waals surface area contributed by atoms with E-state index in [-0.39, 0.29) is 5.78 Å². The van der Waals surface area contributed by atoms with Crippen molar-refractivity contribution in [3.8, 4) is 0 Å². The Bertz CT molecular complexity index is 1250. The van der Waals surface area contributed by atoms with Gasteiger partial charge in [0, 0.05) is 10.8 Å². The molecule has 0 aliphatic heterocycles. The number of rotatable bonds is 7. The van der Waals surface area contributed by atoms with Crippen LogP contribution >= 0.6 is 0 Å². The Kier molecular flexibility index (Phi) is 6.55. The highest BCUT2D eigenvalue weighted by Crippen LogP contribution is 2.62. The molecule has 0 aromatic heterocycles. The van der Waals surface area contributed by atoms with Crippen LogP contribution in [-0.2, 0) is 20.4 Å². The van der Waals surface area contributed by atoms with Crippen molar-refractivity contribution in [1.82, 2.24) is 0 Å². The summed E-state index contributed by atoms with van der Waals surface area (Å²) in [5, 5.41) is -0.517. The summed E-state index contributed by atoms with van der Waals surface area (Å²) in [6, 6.07) is 29.0. The summed E-state index contributed by atoms with van der Waals surface area (Å²) in [7, 11) is -1.44. The van der Waals surface area contributed by atoms with Gasteiger partial charge in [-0.05, 0) is 55.2 Å². The average molecular weight is 471 g/mol. The van der Waals surface area contributed by atoms with Crippen molar-refractivity contribution >= 4 is 34.0 Å². The third kappa shape index (κ3) is 3.61. The van der Waals surface area contributed by atoms with Crippen LogP contribution in [0, 0.1) is 16.7 Å². The molecule has 0 heterocycles. The van der Waals surface area contributed by atoms with Gasteiger partial charge in [0.05, 0.1) is 26.9 Å². The van der Waals surface area contributed by atoms with Gasteiger partial charge in [-0.25, -0.2) is 0 Å². The maximum atomic E-state index is 14.6. The monoisotopic (exact) mass is 470 g/mol. The summed E-state index contributed by atoms with van der Waals surface area (Å²) in [6.07, 6.45) is 0.869.